The number of aromatic nitrogens is 2. The quantitative estimate of drug-likeness (QED) is 0.385. The summed E-state index contributed by atoms with van der Waals surface area (Å²) in [6.45, 7) is 7.18. The van der Waals surface area contributed by atoms with Crippen LogP contribution in [0.15, 0.2) is 66.7 Å². The Kier molecular flexibility index (Phi) is 6.47. The molecule has 0 aliphatic carbocycles. The van der Waals surface area contributed by atoms with Crippen molar-refractivity contribution in [1.82, 2.24) is 14.9 Å². The van der Waals surface area contributed by atoms with E-state index >= 15 is 0 Å². The molecule has 0 radical (unpaired) electrons. The van der Waals surface area contributed by atoms with Gasteiger partial charge in [0.05, 0.1) is 34.2 Å². The van der Waals surface area contributed by atoms with Gasteiger partial charge in [-0.15, -0.1) is 0 Å². The number of hydrogen-bond acceptors (Lipinski definition) is 3. The number of fused-ring (bicyclic) bond motifs is 1. The number of imidazole rings is 1. The molecule has 6 heteroatoms. The number of carbonyl (C=O) groups excluding carboxylic acids is 1. The highest BCUT2D eigenvalue weighted by molar-refractivity contribution is 6.33. The first-order valence-electron chi connectivity index (χ1n) is 10.6. The number of nitrogens with zero attached hydrogens (tertiary/aromatic N) is 2. The van der Waals surface area contributed by atoms with Crippen molar-refractivity contribution in [2.75, 3.05) is 6.61 Å². The molecular formula is C26H26ClN3O2. The summed E-state index contributed by atoms with van der Waals surface area (Å²) in [4.78, 5) is 17.6. The molecular weight excluding hydrogens is 422 g/mol. The van der Waals surface area contributed by atoms with Gasteiger partial charge in [-0.2, -0.15) is 0 Å². The third kappa shape index (κ3) is 4.63. The third-order valence-corrected chi connectivity index (χ3v) is 5.93. The van der Waals surface area contributed by atoms with Gasteiger partial charge >= 0.3 is 0 Å². The number of ether oxygens (including phenoxy) is 1. The molecule has 0 spiro atoms. The monoisotopic (exact) mass is 447 g/mol. The second kappa shape index (κ2) is 9.45. The summed E-state index contributed by atoms with van der Waals surface area (Å²) in [5, 5.41) is 3.45. The second-order valence-electron chi connectivity index (χ2n) is 7.88. The molecule has 0 bridgehead atoms. The van der Waals surface area contributed by atoms with Crippen LogP contribution >= 0.6 is 11.6 Å². The van der Waals surface area contributed by atoms with Gasteiger partial charge in [0.25, 0.3) is 5.91 Å². The predicted octanol–water partition coefficient (Wildman–Crippen LogP) is 5.88. The Balaban J connectivity index is 1.54. The van der Waals surface area contributed by atoms with E-state index in [4.69, 9.17) is 21.3 Å². The van der Waals surface area contributed by atoms with Crippen LogP contribution in [-0.4, -0.2) is 22.1 Å². The van der Waals surface area contributed by atoms with Crippen molar-refractivity contribution in [1.29, 1.82) is 0 Å². The van der Waals surface area contributed by atoms with E-state index in [0.29, 0.717) is 23.7 Å². The Bertz CT molecular complexity index is 1270. The molecule has 0 saturated heterocycles. The maximum Gasteiger partial charge on any atom is 0.253 e. The number of para-hydroxylation sites is 2. The Labute approximate surface area is 193 Å². The lowest BCUT2D eigenvalue weighted by atomic mass is 10.1. The van der Waals surface area contributed by atoms with Crippen LogP contribution in [0.2, 0.25) is 5.02 Å². The van der Waals surface area contributed by atoms with E-state index in [1.165, 1.54) is 11.1 Å². The minimum Gasteiger partial charge on any atom is -0.492 e. The summed E-state index contributed by atoms with van der Waals surface area (Å²) in [5.74, 6) is 1.39. The molecule has 0 aliphatic heterocycles. The first kappa shape index (κ1) is 21.9. The van der Waals surface area contributed by atoms with Crippen LogP contribution in [0.5, 0.6) is 5.75 Å². The SMILES string of the molecule is Cc1ccc(OCCn2c(C(C)NC(=O)c3ccccc3Cl)nc3ccccc32)cc1C. The molecule has 1 amide bonds. The normalized spacial score (nSPS) is 12.0. The van der Waals surface area contributed by atoms with Crippen molar-refractivity contribution < 1.29 is 9.53 Å². The zero-order valence-electron chi connectivity index (χ0n) is 18.4. The van der Waals surface area contributed by atoms with Gasteiger partial charge in [-0.05, 0) is 68.3 Å². The van der Waals surface area contributed by atoms with E-state index in [1.54, 1.807) is 24.3 Å². The van der Waals surface area contributed by atoms with Crippen molar-refractivity contribution in [2.24, 2.45) is 0 Å². The summed E-state index contributed by atoms with van der Waals surface area (Å²) in [5.41, 5.74) is 4.77. The third-order valence-electron chi connectivity index (χ3n) is 5.60. The molecule has 164 valence electrons. The number of hydrogen-bond donors (Lipinski definition) is 1. The van der Waals surface area contributed by atoms with Crippen LogP contribution in [0, 0.1) is 13.8 Å². The van der Waals surface area contributed by atoms with Gasteiger partial charge < -0.3 is 14.6 Å². The highest BCUT2D eigenvalue weighted by Gasteiger charge is 2.20. The number of carbonyl (C=O) groups is 1. The Morgan fingerprint density at radius 2 is 1.81 bits per heavy atom. The summed E-state index contributed by atoms with van der Waals surface area (Å²) in [6.07, 6.45) is 0. The molecule has 0 fully saturated rings. The number of amides is 1. The van der Waals surface area contributed by atoms with Crippen LogP contribution < -0.4 is 10.1 Å². The van der Waals surface area contributed by atoms with Gasteiger partial charge in [-0.25, -0.2) is 4.98 Å². The molecule has 4 rings (SSSR count). The van der Waals surface area contributed by atoms with Crippen LogP contribution in [-0.2, 0) is 6.54 Å². The van der Waals surface area contributed by atoms with Crippen LogP contribution in [0.4, 0.5) is 0 Å². The van der Waals surface area contributed by atoms with Gasteiger partial charge in [0.15, 0.2) is 0 Å². The molecule has 32 heavy (non-hydrogen) atoms. The van der Waals surface area contributed by atoms with Crippen molar-refractivity contribution in [3.63, 3.8) is 0 Å². The van der Waals surface area contributed by atoms with Crippen LogP contribution in [0.1, 0.15) is 40.3 Å². The van der Waals surface area contributed by atoms with E-state index in [0.717, 1.165) is 22.6 Å². The molecule has 5 nitrogen and oxygen atoms in total. The van der Waals surface area contributed by atoms with Crippen molar-refractivity contribution >= 4 is 28.5 Å². The number of benzene rings is 3. The highest BCUT2D eigenvalue weighted by Crippen LogP contribution is 2.23. The van der Waals surface area contributed by atoms with Gasteiger partial charge in [-0.1, -0.05) is 41.9 Å². The fourth-order valence-electron chi connectivity index (χ4n) is 3.70. The summed E-state index contributed by atoms with van der Waals surface area (Å²) < 4.78 is 8.12. The molecule has 1 unspecified atom stereocenters. The van der Waals surface area contributed by atoms with Crippen LogP contribution in [0.3, 0.4) is 0 Å². The van der Waals surface area contributed by atoms with Gasteiger partial charge in [0, 0.05) is 0 Å². The maximum absolute atomic E-state index is 12.8. The zero-order chi connectivity index (χ0) is 22.7. The smallest absolute Gasteiger partial charge is 0.253 e. The van der Waals surface area contributed by atoms with E-state index in [1.807, 2.05) is 37.3 Å². The topological polar surface area (TPSA) is 56.1 Å². The number of rotatable bonds is 7. The van der Waals surface area contributed by atoms with Gasteiger partial charge in [0.2, 0.25) is 0 Å². The molecule has 4 aromatic rings. The van der Waals surface area contributed by atoms with Gasteiger partial charge in [0.1, 0.15) is 18.2 Å². The molecule has 0 saturated carbocycles. The minimum atomic E-state index is -0.312. The molecule has 1 heterocycles. The van der Waals surface area contributed by atoms with Crippen molar-refractivity contribution in [3.05, 3.63) is 94.3 Å². The first-order valence-corrected chi connectivity index (χ1v) is 11.0. The predicted molar refractivity (Wildman–Crippen MR) is 128 cm³/mol. The highest BCUT2D eigenvalue weighted by atomic mass is 35.5. The van der Waals surface area contributed by atoms with E-state index in [9.17, 15) is 4.79 Å². The van der Waals surface area contributed by atoms with Crippen molar-refractivity contribution in [3.8, 4) is 5.75 Å². The Morgan fingerprint density at radius 3 is 2.59 bits per heavy atom. The summed E-state index contributed by atoms with van der Waals surface area (Å²) >= 11 is 6.19. The average Bonchev–Trinajstić information content (AvgIpc) is 3.15. The first-order chi connectivity index (χ1) is 15.4. The minimum absolute atomic E-state index is 0.229. The Hall–Kier alpha value is -3.31. The number of halogens is 1. The van der Waals surface area contributed by atoms with Gasteiger partial charge in [-0.3, -0.25) is 4.79 Å². The lowest BCUT2D eigenvalue weighted by molar-refractivity contribution is 0.0937. The lowest BCUT2D eigenvalue weighted by Crippen LogP contribution is -2.29. The maximum atomic E-state index is 12.8. The molecule has 3 aromatic carbocycles. The number of aryl methyl sites for hydroxylation is 2. The van der Waals surface area contributed by atoms with E-state index in [-0.39, 0.29) is 11.9 Å². The van der Waals surface area contributed by atoms with E-state index < -0.39 is 0 Å². The standard InChI is InChI=1S/C26H26ClN3O2/c1-17-12-13-20(16-18(17)2)32-15-14-30-24-11-7-6-10-23(24)29-25(30)19(3)28-26(31)21-8-4-5-9-22(21)27/h4-13,16,19H,14-15H2,1-3H3,(H,28,31). The fourth-order valence-corrected chi connectivity index (χ4v) is 3.92. The fraction of sp³-hybridized carbons (Fsp3) is 0.231. The lowest BCUT2D eigenvalue weighted by Gasteiger charge is -2.17. The molecule has 0 aliphatic rings. The van der Waals surface area contributed by atoms with Crippen molar-refractivity contribution in [2.45, 2.75) is 33.4 Å². The Morgan fingerprint density at radius 1 is 1.06 bits per heavy atom. The average molecular weight is 448 g/mol. The second-order valence-corrected chi connectivity index (χ2v) is 8.29. The van der Waals surface area contributed by atoms with E-state index in [2.05, 4.69) is 35.9 Å². The largest absolute Gasteiger partial charge is 0.492 e. The summed E-state index contributed by atoms with van der Waals surface area (Å²) in [7, 11) is 0. The molecule has 1 N–H and O–H groups in total. The molecule has 1 aromatic heterocycles. The molecule has 1 atom stereocenters. The number of nitrogens with one attached hydrogen (secondary N) is 1. The zero-order valence-corrected chi connectivity index (χ0v) is 19.2. The van der Waals surface area contributed by atoms with Crippen LogP contribution in [0.25, 0.3) is 11.0 Å². The summed E-state index contributed by atoms with van der Waals surface area (Å²) in [6, 6.07) is 20.8.